The van der Waals surface area contributed by atoms with Gasteiger partial charge < -0.3 is 11.1 Å². The molecule has 0 aliphatic carbocycles. The molecule has 3 nitrogen and oxygen atoms in total. The highest BCUT2D eigenvalue weighted by molar-refractivity contribution is 7.14. The van der Waals surface area contributed by atoms with Gasteiger partial charge in [-0.1, -0.05) is 43.3 Å². The summed E-state index contributed by atoms with van der Waals surface area (Å²) in [5, 5.41) is 5.39. The van der Waals surface area contributed by atoms with Crippen molar-refractivity contribution < 1.29 is 4.79 Å². The van der Waals surface area contributed by atoms with Crippen LogP contribution in [0.1, 0.15) is 33.1 Å². The minimum atomic E-state index is -0.181. The molecule has 3 N–H and O–H groups in total. The van der Waals surface area contributed by atoms with Crippen LogP contribution in [0.4, 0.5) is 0 Å². The standard InChI is InChI=1S/C19H20N2OS/c1-2-16-9-10-18(23-16)19(22)21-17(12-20)15-8-7-13-5-3-4-6-14(13)11-15/h3-11,17H,2,12,20H2,1H3,(H,21,22). The Kier molecular flexibility index (Phi) is 4.74. The first-order chi connectivity index (χ1) is 11.2. The van der Waals surface area contributed by atoms with Crippen molar-refractivity contribution in [2.24, 2.45) is 5.73 Å². The van der Waals surface area contributed by atoms with Gasteiger partial charge in [0.25, 0.3) is 5.91 Å². The first-order valence-corrected chi connectivity index (χ1v) is 8.61. The van der Waals surface area contributed by atoms with E-state index in [0.29, 0.717) is 6.54 Å². The van der Waals surface area contributed by atoms with Gasteiger partial charge in [0, 0.05) is 11.4 Å². The highest BCUT2D eigenvalue weighted by Crippen LogP contribution is 2.22. The third-order valence-electron chi connectivity index (χ3n) is 3.95. The summed E-state index contributed by atoms with van der Waals surface area (Å²) in [7, 11) is 0. The Morgan fingerprint density at radius 2 is 1.91 bits per heavy atom. The zero-order valence-corrected chi connectivity index (χ0v) is 13.9. The third-order valence-corrected chi connectivity index (χ3v) is 5.18. The number of amides is 1. The van der Waals surface area contributed by atoms with Crippen molar-refractivity contribution in [1.29, 1.82) is 0 Å². The normalized spacial score (nSPS) is 12.3. The van der Waals surface area contributed by atoms with E-state index in [-0.39, 0.29) is 11.9 Å². The summed E-state index contributed by atoms with van der Waals surface area (Å²) in [6, 6.07) is 18.1. The van der Waals surface area contributed by atoms with Gasteiger partial charge in [-0.3, -0.25) is 4.79 Å². The molecule has 4 heteroatoms. The van der Waals surface area contributed by atoms with Gasteiger partial charge >= 0.3 is 0 Å². The molecule has 0 fully saturated rings. The number of rotatable bonds is 5. The van der Waals surface area contributed by atoms with Gasteiger partial charge in [-0.25, -0.2) is 0 Å². The van der Waals surface area contributed by atoms with Crippen molar-refractivity contribution >= 4 is 28.0 Å². The highest BCUT2D eigenvalue weighted by Gasteiger charge is 2.16. The van der Waals surface area contributed by atoms with E-state index in [9.17, 15) is 4.79 Å². The molecule has 2 aromatic carbocycles. The Bertz CT molecular complexity index is 825. The van der Waals surface area contributed by atoms with E-state index in [1.54, 1.807) is 0 Å². The number of nitrogens with two attached hydrogens (primary N) is 1. The number of nitrogens with one attached hydrogen (secondary N) is 1. The molecule has 0 aliphatic rings. The molecule has 0 bridgehead atoms. The predicted molar refractivity (Wildman–Crippen MR) is 96.9 cm³/mol. The minimum absolute atomic E-state index is 0.0571. The van der Waals surface area contributed by atoms with Gasteiger partial charge in [0.05, 0.1) is 10.9 Å². The molecule has 23 heavy (non-hydrogen) atoms. The molecule has 0 radical (unpaired) electrons. The van der Waals surface area contributed by atoms with Crippen LogP contribution in [0.15, 0.2) is 54.6 Å². The van der Waals surface area contributed by atoms with Crippen LogP contribution >= 0.6 is 11.3 Å². The molecule has 3 aromatic rings. The molecule has 1 atom stereocenters. The van der Waals surface area contributed by atoms with Crippen LogP contribution in [0.25, 0.3) is 10.8 Å². The van der Waals surface area contributed by atoms with E-state index in [1.165, 1.54) is 21.6 Å². The fourth-order valence-electron chi connectivity index (χ4n) is 2.62. The van der Waals surface area contributed by atoms with Crippen LogP contribution in [-0.4, -0.2) is 12.5 Å². The average Bonchev–Trinajstić information content (AvgIpc) is 3.08. The second kappa shape index (κ2) is 6.94. The second-order valence-electron chi connectivity index (χ2n) is 5.49. The van der Waals surface area contributed by atoms with Crippen LogP contribution < -0.4 is 11.1 Å². The summed E-state index contributed by atoms with van der Waals surface area (Å²) in [4.78, 5) is 14.4. The lowest BCUT2D eigenvalue weighted by atomic mass is 10.0. The number of fused-ring (bicyclic) bond motifs is 1. The van der Waals surface area contributed by atoms with Crippen molar-refractivity contribution in [3.05, 3.63) is 69.9 Å². The third kappa shape index (κ3) is 3.44. The van der Waals surface area contributed by atoms with Crippen molar-refractivity contribution in [3.8, 4) is 0 Å². The SMILES string of the molecule is CCc1ccc(C(=O)NC(CN)c2ccc3ccccc3c2)s1. The van der Waals surface area contributed by atoms with Gasteiger partial charge in [-0.2, -0.15) is 0 Å². The van der Waals surface area contributed by atoms with Gasteiger partial charge in [-0.05, 0) is 41.0 Å². The molecular weight excluding hydrogens is 304 g/mol. The molecule has 0 saturated heterocycles. The molecule has 1 heterocycles. The number of carbonyl (C=O) groups is 1. The molecule has 1 amide bonds. The van der Waals surface area contributed by atoms with Crippen LogP contribution in [0.5, 0.6) is 0 Å². The van der Waals surface area contributed by atoms with Gasteiger partial charge in [0.2, 0.25) is 0 Å². The smallest absolute Gasteiger partial charge is 0.261 e. The van der Waals surface area contributed by atoms with E-state index >= 15 is 0 Å². The number of hydrogen-bond acceptors (Lipinski definition) is 3. The van der Waals surface area contributed by atoms with Gasteiger partial charge in [0.1, 0.15) is 0 Å². The molecule has 0 aliphatic heterocycles. The summed E-state index contributed by atoms with van der Waals surface area (Å²) in [5.74, 6) is -0.0571. The zero-order valence-electron chi connectivity index (χ0n) is 13.1. The number of aryl methyl sites for hydroxylation is 1. The summed E-state index contributed by atoms with van der Waals surface area (Å²) in [5.41, 5.74) is 6.93. The largest absolute Gasteiger partial charge is 0.343 e. The lowest BCUT2D eigenvalue weighted by Gasteiger charge is -2.17. The topological polar surface area (TPSA) is 55.1 Å². The monoisotopic (exact) mass is 324 g/mol. The molecule has 0 saturated carbocycles. The Morgan fingerprint density at radius 3 is 2.61 bits per heavy atom. The molecule has 1 unspecified atom stereocenters. The predicted octanol–water partition coefficient (Wildman–Crippen LogP) is 3.89. The Morgan fingerprint density at radius 1 is 1.13 bits per heavy atom. The first-order valence-electron chi connectivity index (χ1n) is 7.79. The van der Waals surface area contributed by atoms with E-state index in [0.717, 1.165) is 22.2 Å². The summed E-state index contributed by atoms with van der Waals surface area (Å²) in [6.45, 7) is 2.46. The summed E-state index contributed by atoms with van der Waals surface area (Å²) >= 11 is 1.54. The van der Waals surface area contributed by atoms with Crippen LogP contribution in [0, 0.1) is 0 Å². The molecule has 3 rings (SSSR count). The number of carbonyl (C=O) groups excluding carboxylic acids is 1. The van der Waals surface area contributed by atoms with Crippen LogP contribution in [-0.2, 0) is 6.42 Å². The number of hydrogen-bond donors (Lipinski definition) is 2. The van der Waals surface area contributed by atoms with Crippen molar-refractivity contribution in [3.63, 3.8) is 0 Å². The number of benzene rings is 2. The molecule has 1 aromatic heterocycles. The maximum atomic E-state index is 12.4. The fourth-order valence-corrected chi connectivity index (χ4v) is 3.47. The Hall–Kier alpha value is -2.17. The maximum Gasteiger partial charge on any atom is 0.261 e. The van der Waals surface area contributed by atoms with Crippen molar-refractivity contribution in [2.45, 2.75) is 19.4 Å². The van der Waals surface area contributed by atoms with Crippen molar-refractivity contribution in [2.75, 3.05) is 6.54 Å². The first kappa shape index (κ1) is 15.7. The van der Waals surface area contributed by atoms with E-state index in [4.69, 9.17) is 5.73 Å². The molecule has 118 valence electrons. The minimum Gasteiger partial charge on any atom is -0.343 e. The zero-order chi connectivity index (χ0) is 16.2. The quantitative estimate of drug-likeness (QED) is 0.748. The Balaban J connectivity index is 1.81. The number of thiophene rings is 1. The lowest BCUT2D eigenvalue weighted by Crippen LogP contribution is -2.32. The maximum absolute atomic E-state index is 12.4. The highest BCUT2D eigenvalue weighted by atomic mass is 32.1. The fraction of sp³-hybridized carbons (Fsp3) is 0.211. The summed E-state index contributed by atoms with van der Waals surface area (Å²) in [6.07, 6.45) is 0.947. The van der Waals surface area contributed by atoms with E-state index < -0.39 is 0 Å². The average molecular weight is 324 g/mol. The van der Waals surface area contributed by atoms with Crippen molar-refractivity contribution in [1.82, 2.24) is 5.32 Å². The summed E-state index contributed by atoms with van der Waals surface area (Å²) < 4.78 is 0. The van der Waals surface area contributed by atoms with Crippen LogP contribution in [0.3, 0.4) is 0 Å². The van der Waals surface area contributed by atoms with Gasteiger partial charge in [0.15, 0.2) is 0 Å². The van der Waals surface area contributed by atoms with Crippen LogP contribution in [0.2, 0.25) is 0 Å². The van der Waals surface area contributed by atoms with Gasteiger partial charge in [-0.15, -0.1) is 11.3 Å². The second-order valence-corrected chi connectivity index (χ2v) is 6.66. The lowest BCUT2D eigenvalue weighted by molar-refractivity contribution is 0.0942. The molecular formula is C19H20N2OS. The van der Waals surface area contributed by atoms with E-state index in [2.05, 4.69) is 36.5 Å². The van der Waals surface area contributed by atoms with E-state index in [1.807, 2.05) is 30.3 Å². The molecule has 0 spiro atoms. The Labute approximate surface area is 140 Å².